The average molecular weight is 407 g/mol. The molecule has 5 nitrogen and oxygen atoms in total. The lowest BCUT2D eigenvalue weighted by Gasteiger charge is -2.19. The first-order valence-corrected chi connectivity index (χ1v) is 10.4. The Morgan fingerprint density at radius 2 is 2.07 bits per heavy atom. The Balaban J connectivity index is 1.37. The third-order valence-corrected chi connectivity index (χ3v) is 5.38. The monoisotopic (exact) mass is 406 g/mol. The van der Waals surface area contributed by atoms with E-state index in [4.69, 9.17) is 4.74 Å². The molecule has 0 spiro atoms. The van der Waals surface area contributed by atoms with Crippen LogP contribution in [-0.4, -0.2) is 24.6 Å². The second-order valence-corrected chi connectivity index (χ2v) is 7.71. The average Bonchev–Trinajstić information content (AvgIpc) is 3.60. The smallest absolute Gasteiger partial charge is 0.191 e. The van der Waals surface area contributed by atoms with Gasteiger partial charge in [-0.05, 0) is 54.8 Å². The molecule has 2 aromatic carbocycles. The Bertz CT molecular complexity index is 1040. The molecule has 0 saturated heterocycles. The van der Waals surface area contributed by atoms with Crippen LogP contribution in [-0.2, 0) is 6.54 Å². The van der Waals surface area contributed by atoms with Crippen molar-refractivity contribution in [3.63, 3.8) is 0 Å². The highest BCUT2D eigenvalue weighted by Gasteiger charge is 2.22. The summed E-state index contributed by atoms with van der Waals surface area (Å²) in [5.41, 5.74) is 1.78. The summed E-state index contributed by atoms with van der Waals surface area (Å²) in [5, 5.41) is 8.88. The predicted octanol–water partition coefficient (Wildman–Crippen LogP) is 4.59. The zero-order valence-electron chi connectivity index (χ0n) is 17.4. The van der Waals surface area contributed by atoms with Gasteiger partial charge in [-0.25, -0.2) is 4.39 Å². The fraction of sp³-hybridized carbons (Fsp3) is 0.333. The van der Waals surface area contributed by atoms with E-state index in [1.165, 1.54) is 18.9 Å². The Morgan fingerprint density at radius 3 is 2.83 bits per heavy atom. The maximum Gasteiger partial charge on any atom is 0.191 e. The van der Waals surface area contributed by atoms with Crippen molar-refractivity contribution >= 4 is 16.7 Å². The number of halogens is 1. The van der Waals surface area contributed by atoms with Crippen LogP contribution in [0.3, 0.4) is 0 Å². The molecular weight excluding hydrogens is 379 g/mol. The molecule has 30 heavy (non-hydrogen) atoms. The molecule has 2 N–H and O–H groups in total. The number of ether oxygens (including phenoxy) is 1. The minimum atomic E-state index is -0.329. The van der Waals surface area contributed by atoms with Gasteiger partial charge < -0.3 is 15.4 Å². The first-order chi connectivity index (χ1) is 14.6. The number of fused-ring (bicyclic) bond motifs is 1. The molecule has 1 aromatic heterocycles. The topological polar surface area (TPSA) is 58.5 Å². The Kier molecular flexibility index (Phi) is 6.12. The lowest BCUT2D eigenvalue weighted by atomic mass is 10.1. The third kappa shape index (κ3) is 4.87. The van der Waals surface area contributed by atoms with Crippen molar-refractivity contribution in [3.05, 3.63) is 71.8 Å². The standard InChI is InChI=1S/C24H27FN4O/c1-16(19-9-10-23(21(25)13-19)30-15-17-7-8-17)29-24(26-2)28-14-22-20-6-4-3-5-18(20)11-12-27-22/h3-6,9-13,16-17H,7-8,14-15H2,1-2H3,(H2,26,28,29). The van der Waals surface area contributed by atoms with E-state index in [1.54, 1.807) is 13.1 Å². The molecule has 1 aliphatic rings. The van der Waals surface area contributed by atoms with Gasteiger partial charge in [-0.3, -0.25) is 9.98 Å². The highest BCUT2D eigenvalue weighted by molar-refractivity contribution is 5.85. The number of hydrogen-bond donors (Lipinski definition) is 2. The molecule has 1 saturated carbocycles. The van der Waals surface area contributed by atoms with E-state index in [0.717, 1.165) is 22.0 Å². The number of hydrogen-bond acceptors (Lipinski definition) is 3. The van der Waals surface area contributed by atoms with Crippen molar-refractivity contribution in [2.24, 2.45) is 10.9 Å². The highest BCUT2D eigenvalue weighted by Crippen LogP contribution is 2.30. The van der Waals surface area contributed by atoms with Gasteiger partial charge in [0.1, 0.15) is 0 Å². The van der Waals surface area contributed by atoms with Crippen LogP contribution < -0.4 is 15.4 Å². The number of aromatic nitrogens is 1. The van der Waals surface area contributed by atoms with Crippen LogP contribution in [0.5, 0.6) is 5.75 Å². The van der Waals surface area contributed by atoms with Crippen LogP contribution in [0.2, 0.25) is 0 Å². The molecule has 0 bridgehead atoms. The van der Waals surface area contributed by atoms with Crippen LogP contribution in [0, 0.1) is 11.7 Å². The summed E-state index contributed by atoms with van der Waals surface area (Å²) < 4.78 is 20.0. The summed E-state index contributed by atoms with van der Waals surface area (Å²) in [5.74, 6) is 1.22. The summed E-state index contributed by atoms with van der Waals surface area (Å²) in [6.45, 7) is 3.11. The number of nitrogens with zero attached hydrogens (tertiary/aromatic N) is 2. The molecule has 1 heterocycles. The summed E-state index contributed by atoms with van der Waals surface area (Å²) >= 11 is 0. The number of guanidine groups is 1. The number of pyridine rings is 1. The van der Waals surface area contributed by atoms with Gasteiger partial charge in [0.05, 0.1) is 24.9 Å². The van der Waals surface area contributed by atoms with Crippen molar-refractivity contribution in [2.45, 2.75) is 32.4 Å². The minimum absolute atomic E-state index is 0.122. The molecular formula is C24H27FN4O. The third-order valence-electron chi connectivity index (χ3n) is 5.38. The van der Waals surface area contributed by atoms with Gasteiger partial charge in [-0.2, -0.15) is 0 Å². The molecule has 156 valence electrons. The highest BCUT2D eigenvalue weighted by atomic mass is 19.1. The van der Waals surface area contributed by atoms with Crippen molar-refractivity contribution in [2.75, 3.05) is 13.7 Å². The lowest BCUT2D eigenvalue weighted by molar-refractivity contribution is 0.285. The van der Waals surface area contributed by atoms with E-state index in [2.05, 4.69) is 32.7 Å². The fourth-order valence-electron chi connectivity index (χ4n) is 3.37. The summed E-state index contributed by atoms with van der Waals surface area (Å²) in [6, 6.07) is 15.2. The van der Waals surface area contributed by atoms with Crippen molar-refractivity contribution in [3.8, 4) is 5.75 Å². The predicted molar refractivity (Wildman–Crippen MR) is 118 cm³/mol. The fourth-order valence-corrected chi connectivity index (χ4v) is 3.37. The summed E-state index contributed by atoms with van der Waals surface area (Å²) in [4.78, 5) is 8.79. The summed E-state index contributed by atoms with van der Waals surface area (Å²) in [7, 11) is 1.72. The Morgan fingerprint density at radius 1 is 1.23 bits per heavy atom. The van der Waals surface area contributed by atoms with Gasteiger partial charge in [0.15, 0.2) is 17.5 Å². The van der Waals surface area contributed by atoms with Gasteiger partial charge in [0.2, 0.25) is 0 Å². The molecule has 0 amide bonds. The quantitative estimate of drug-likeness (QED) is 0.445. The lowest BCUT2D eigenvalue weighted by Crippen LogP contribution is -2.38. The molecule has 1 fully saturated rings. The molecule has 1 aliphatic carbocycles. The normalized spacial score (nSPS) is 15.1. The van der Waals surface area contributed by atoms with Crippen LogP contribution in [0.4, 0.5) is 4.39 Å². The molecule has 0 aliphatic heterocycles. The van der Waals surface area contributed by atoms with E-state index in [-0.39, 0.29) is 11.9 Å². The molecule has 6 heteroatoms. The molecule has 1 unspecified atom stereocenters. The Hall–Kier alpha value is -3.15. The zero-order chi connectivity index (χ0) is 20.9. The number of nitrogens with one attached hydrogen (secondary N) is 2. The molecule has 3 aromatic rings. The second kappa shape index (κ2) is 9.11. The van der Waals surface area contributed by atoms with Crippen molar-refractivity contribution < 1.29 is 9.13 Å². The van der Waals surface area contributed by atoms with E-state index in [0.29, 0.717) is 30.8 Å². The maximum absolute atomic E-state index is 14.4. The van der Waals surface area contributed by atoms with Crippen LogP contribution >= 0.6 is 0 Å². The van der Waals surface area contributed by atoms with E-state index >= 15 is 0 Å². The SMILES string of the molecule is CN=C(NCc1nccc2ccccc12)NC(C)c1ccc(OCC2CC2)c(F)c1. The van der Waals surface area contributed by atoms with Gasteiger partial charge in [-0.15, -0.1) is 0 Å². The van der Waals surface area contributed by atoms with E-state index < -0.39 is 0 Å². The van der Waals surface area contributed by atoms with E-state index in [9.17, 15) is 4.39 Å². The van der Waals surface area contributed by atoms with Crippen molar-refractivity contribution in [1.82, 2.24) is 15.6 Å². The van der Waals surface area contributed by atoms with Crippen LogP contribution in [0.1, 0.15) is 37.1 Å². The van der Waals surface area contributed by atoms with Crippen LogP contribution in [0.15, 0.2) is 59.7 Å². The van der Waals surface area contributed by atoms with Gasteiger partial charge in [0, 0.05) is 18.6 Å². The van der Waals surface area contributed by atoms with E-state index in [1.807, 2.05) is 37.4 Å². The molecule has 1 atom stereocenters. The van der Waals surface area contributed by atoms with Crippen molar-refractivity contribution in [1.29, 1.82) is 0 Å². The van der Waals surface area contributed by atoms with Gasteiger partial charge in [-0.1, -0.05) is 30.3 Å². The number of aliphatic imine (C=N–C) groups is 1. The molecule has 4 rings (SSSR count). The first-order valence-electron chi connectivity index (χ1n) is 10.4. The number of benzene rings is 2. The van der Waals surface area contributed by atoms with Gasteiger partial charge in [0.25, 0.3) is 0 Å². The first kappa shape index (κ1) is 20.1. The summed E-state index contributed by atoms with van der Waals surface area (Å²) in [6.07, 6.45) is 4.18. The largest absolute Gasteiger partial charge is 0.490 e. The van der Waals surface area contributed by atoms with Crippen LogP contribution in [0.25, 0.3) is 10.8 Å². The minimum Gasteiger partial charge on any atom is -0.490 e. The zero-order valence-corrected chi connectivity index (χ0v) is 17.4. The second-order valence-electron chi connectivity index (χ2n) is 7.71. The maximum atomic E-state index is 14.4. The number of rotatable bonds is 7. The van der Waals surface area contributed by atoms with Gasteiger partial charge >= 0.3 is 0 Å². The Labute approximate surface area is 176 Å². The molecule has 0 radical (unpaired) electrons.